The molecule has 0 aliphatic carbocycles. The maximum atomic E-state index is 13.0. The Hall–Kier alpha value is -3.32. The normalized spacial score (nSPS) is 10.2. The van der Waals surface area contributed by atoms with Gasteiger partial charge < -0.3 is 10.4 Å². The van der Waals surface area contributed by atoms with Crippen molar-refractivity contribution in [3.63, 3.8) is 0 Å². The van der Waals surface area contributed by atoms with Gasteiger partial charge in [0, 0.05) is 12.2 Å². The number of aromatic hydroxyl groups is 1. The molecule has 0 aliphatic heterocycles. The molecule has 0 unspecified atom stereocenters. The van der Waals surface area contributed by atoms with Gasteiger partial charge in [-0.15, -0.1) is 0 Å². The summed E-state index contributed by atoms with van der Waals surface area (Å²) in [6.45, 7) is 0.597. The van der Waals surface area contributed by atoms with E-state index in [-0.39, 0.29) is 17.1 Å². The van der Waals surface area contributed by atoms with Gasteiger partial charge in [0.2, 0.25) is 0 Å². The van der Waals surface area contributed by atoms with Crippen LogP contribution in [0.15, 0.2) is 66.7 Å². The molecule has 3 rings (SSSR count). The summed E-state index contributed by atoms with van der Waals surface area (Å²) in [4.78, 5) is 0. The predicted molar refractivity (Wildman–Crippen MR) is 92.0 cm³/mol. The SMILES string of the molecule is N#Cc1cc(NCc2ccc(-c3ccc(F)cc3)cc2)ccc1O. The number of hydrogen-bond acceptors (Lipinski definition) is 3. The van der Waals surface area contributed by atoms with Gasteiger partial charge in [-0.25, -0.2) is 4.39 Å². The highest BCUT2D eigenvalue weighted by molar-refractivity contribution is 5.63. The van der Waals surface area contributed by atoms with Crippen molar-refractivity contribution in [2.24, 2.45) is 0 Å². The number of anilines is 1. The van der Waals surface area contributed by atoms with Crippen LogP contribution >= 0.6 is 0 Å². The van der Waals surface area contributed by atoms with E-state index in [0.29, 0.717) is 6.54 Å². The molecule has 2 N–H and O–H groups in total. The van der Waals surface area contributed by atoms with Gasteiger partial charge in [0.15, 0.2) is 0 Å². The summed E-state index contributed by atoms with van der Waals surface area (Å²) in [5.74, 6) is -0.267. The molecular formula is C20H15FN2O. The minimum atomic E-state index is -0.245. The van der Waals surface area contributed by atoms with Crippen molar-refractivity contribution in [1.82, 2.24) is 0 Å². The van der Waals surface area contributed by atoms with Gasteiger partial charge in [0.25, 0.3) is 0 Å². The molecule has 3 nitrogen and oxygen atoms in total. The van der Waals surface area contributed by atoms with Crippen LogP contribution in [0.2, 0.25) is 0 Å². The molecule has 0 aliphatic rings. The standard InChI is InChI=1S/C20H15FN2O/c21-18-7-5-16(6-8-18)15-3-1-14(2-4-15)13-23-19-9-10-20(24)17(11-19)12-22/h1-11,23-24H,13H2. The zero-order valence-electron chi connectivity index (χ0n) is 12.8. The first-order chi connectivity index (χ1) is 11.7. The van der Waals surface area contributed by atoms with E-state index in [2.05, 4.69) is 5.32 Å². The van der Waals surface area contributed by atoms with Crippen LogP contribution in [0.1, 0.15) is 11.1 Å². The summed E-state index contributed by atoms with van der Waals surface area (Å²) in [6.07, 6.45) is 0. The summed E-state index contributed by atoms with van der Waals surface area (Å²) in [6, 6.07) is 21.2. The summed E-state index contributed by atoms with van der Waals surface area (Å²) < 4.78 is 13.0. The molecule has 0 saturated heterocycles. The first kappa shape index (κ1) is 15.6. The Balaban J connectivity index is 1.68. The van der Waals surface area contributed by atoms with Crippen molar-refractivity contribution in [3.8, 4) is 22.9 Å². The number of halogens is 1. The highest BCUT2D eigenvalue weighted by atomic mass is 19.1. The van der Waals surface area contributed by atoms with Gasteiger partial charge in [-0.2, -0.15) is 5.26 Å². The third kappa shape index (κ3) is 3.53. The Morgan fingerprint density at radius 2 is 1.54 bits per heavy atom. The molecule has 3 aromatic rings. The quantitative estimate of drug-likeness (QED) is 0.687. The monoisotopic (exact) mass is 318 g/mol. The first-order valence-corrected chi connectivity index (χ1v) is 7.47. The Labute approximate surface area is 139 Å². The molecule has 0 radical (unpaired) electrons. The number of rotatable bonds is 4. The maximum Gasteiger partial charge on any atom is 0.133 e. The topological polar surface area (TPSA) is 56.0 Å². The molecule has 3 aromatic carbocycles. The minimum Gasteiger partial charge on any atom is -0.507 e. The lowest BCUT2D eigenvalue weighted by Crippen LogP contribution is -1.99. The van der Waals surface area contributed by atoms with Gasteiger partial charge in [0.1, 0.15) is 17.6 Å². The Bertz CT molecular complexity index is 881. The average molecular weight is 318 g/mol. The van der Waals surface area contributed by atoms with Gasteiger partial charge in [-0.3, -0.25) is 0 Å². The van der Waals surface area contributed by atoms with E-state index < -0.39 is 0 Å². The van der Waals surface area contributed by atoms with E-state index in [9.17, 15) is 9.50 Å². The fourth-order valence-electron chi connectivity index (χ4n) is 2.40. The lowest BCUT2D eigenvalue weighted by atomic mass is 10.0. The fourth-order valence-corrected chi connectivity index (χ4v) is 2.40. The molecule has 0 atom stereocenters. The lowest BCUT2D eigenvalue weighted by Gasteiger charge is -2.09. The number of nitriles is 1. The Kier molecular flexibility index (Phi) is 4.44. The van der Waals surface area contributed by atoms with Crippen LogP contribution in [0, 0.1) is 17.1 Å². The molecule has 0 aromatic heterocycles. The molecule has 0 amide bonds. The van der Waals surface area contributed by atoms with Crippen LogP contribution in [-0.2, 0) is 6.54 Å². The van der Waals surface area contributed by atoms with E-state index in [1.54, 1.807) is 24.3 Å². The number of nitrogens with one attached hydrogen (secondary N) is 1. The molecule has 0 saturated carbocycles. The van der Waals surface area contributed by atoms with Crippen LogP contribution in [0.4, 0.5) is 10.1 Å². The summed E-state index contributed by atoms with van der Waals surface area (Å²) in [5.41, 5.74) is 4.08. The van der Waals surface area contributed by atoms with Gasteiger partial charge in [0.05, 0.1) is 5.56 Å². The summed E-state index contributed by atoms with van der Waals surface area (Å²) in [7, 11) is 0. The Morgan fingerprint density at radius 3 is 2.17 bits per heavy atom. The van der Waals surface area contributed by atoms with Crippen LogP contribution in [0.3, 0.4) is 0 Å². The van der Waals surface area contributed by atoms with E-state index in [0.717, 1.165) is 22.4 Å². The van der Waals surface area contributed by atoms with Crippen molar-refractivity contribution < 1.29 is 9.50 Å². The first-order valence-electron chi connectivity index (χ1n) is 7.47. The number of hydrogen-bond donors (Lipinski definition) is 2. The average Bonchev–Trinajstić information content (AvgIpc) is 2.62. The van der Waals surface area contributed by atoms with Crippen molar-refractivity contribution in [2.75, 3.05) is 5.32 Å². The highest BCUT2D eigenvalue weighted by Gasteiger charge is 2.02. The van der Waals surface area contributed by atoms with Crippen molar-refractivity contribution in [3.05, 3.63) is 83.7 Å². The second-order valence-corrected chi connectivity index (χ2v) is 5.40. The highest BCUT2D eigenvalue weighted by Crippen LogP contribution is 2.22. The van der Waals surface area contributed by atoms with Crippen LogP contribution in [0.5, 0.6) is 5.75 Å². The van der Waals surface area contributed by atoms with Gasteiger partial charge in [-0.1, -0.05) is 36.4 Å². The number of phenolic OH excluding ortho intramolecular Hbond substituents is 1. The lowest BCUT2D eigenvalue weighted by molar-refractivity contribution is 0.473. The molecular weight excluding hydrogens is 303 g/mol. The molecule has 24 heavy (non-hydrogen) atoms. The van der Waals surface area contributed by atoms with Crippen LogP contribution in [-0.4, -0.2) is 5.11 Å². The molecule has 0 fully saturated rings. The van der Waals surface area contributed by atoms with Gasteiger partial charge in [-0.05, 0) is 47.0 Å². The van der Waals surface area contributed by atoms with E-state index in [1.807, 2.05) is 30.3 Å². The maximum absolute atomic E-state index is 13.0. The molecule has 0 heterocycles. The molecule has 4 heteroatoms. The number of benzene rings is 3. The largest absolute Gasteiger partial charge is 0.507 e. The third-order valence-corrected chi connectivity index (χ3v) is 3.75. The fraction of sp³-hybridized carbons (Fsp3) is 0.0500. The zero-order chi connectivity index (χ0) is 16.9. The second-order valence-electron chi connectivity index (χ2n) is 5.40. The smallest absolute Gasteiger partial charge is 0.133 e. The van der Waals surface area contributed by atoms with Gasteiger partial charge >= 0.3 is 0 Å². The van der Waals surface area contributed by atoms with E-state index >= 15 is 0 Å². The molecule has 118 valence electrons. The minimum absolute atomic E-state index is 0.0216. The van der Waals surface area contributed by atoms with Crippen LogP contribution < -0.4 is 5.32 Å². The zero-order valence-corrected chi connectivity index (χ0v) is 12.8. The summed E-state index contributed by atoms with van der Waals surface area (Å²) >= 11 is 0. The van der Waals surface area contributed by atoms with Crippen molar-refractivity contribution >= 4 is 5.69 Å². The van der Waals surface area contributed by atoms with Crippen LogP contribution in [0.25, 0.3) is 11.1 Å². The molecule has 0 spiro atoms. The second kappa shape index (κ2) is 6.84. The summed E-state index contributed by atoms with van der Waals surface area (Å²) in [5, 5.41) is 21.6. The van der Waals surface area contributed by atoms with E-state index in [4.69, 9.17) is 5.26 Å². The Morgan fingerprint density at radius 1 is 0.917 bits per heavy atom. The van der Waals surface area contributed by atoms with Crippen molar-refractivity contribution in [2.45, 2.75) is 6.54 Å². The predicted octanol–water partition coefficient (Wildman–Crippen LogP) is 4.68. The number of nitrogens with zero attached hydrogens (tertiary/aromatic N) is 1. The molecule has 0 bridgehead atoms. The van der Waals surface area contributed by atoms with E-state index in [1.165, 1.54) is 18.2 Å². The number of phenols is 1. The third-order valence-electron chi connectivity index (χ3n) is 3.75. The van der Waals surface area contributed by atoms with Crippen molar-refractivity contribution in [1.29, 1.82) is 5.26 Å².